The minimum Gasteiger partial charge on any atom is -0.238 e. The van der Waals surface area contributed by atoms with Gasteiger partial charge in [0.15, 0.2) is 0 Å². The smallest absolute Gasteiger partial charge is 0.146 e. The third-order valence-corrected chi connectivity index (χ3v) is 3.79. The molecule has 4 nitrogen and oxygen atoms in total. The Kier molecular flexibility index (Phi) is 1.99. The first-order chi connectivity index (χ1) is 8.20. The Morgan fingerprint density at radius 1 is 1.53 bits per heavy atom. The first-order valence-corrected chi connectivity index (χ1v) is 5.96. The van der Waals surface area contributed by atoms with Gasteiger partial charge in [0.2, 0.25) is 0 Å². The maximum Gasteiger partial charge on any atom is 0.146 e. The molecule has 2 heterocycles. The lowest BCUT2D eigenvalue weighted by atomic mass is 9.96. The van der Waals surface area contributed by atoms with Gasteiger partial charge in [-0.3, -0.25) is 0 Å². The molecule has 0 unspecified atom stereocenters. The number of hydrogen-bond acceptors (Lipinski definition) is 3. The van der Waals surface area contributed by atoms with Crippen LogP contribution in [0.1, 0.15) is 43.3 Å². The molecule has 3 rings (SSSR count). The molecule has 0 amide bonds. The summed E-state index contributed by atoms with van der Waals surface area (Å²) in [4.78, 5) is 4.18. The zero-order chi connectivity index (χ0) is 12.0. The summed E-state index contributed by atoms with van der Waals surface area (Å²) in [6.07, 6.45) is 5.18. The van der Waals surface area contributed by atoms with Gasteiger partial charge in [-0.2, -0.15) is 10.4 Å². The number of aromatic nitrogens is 3. The van der Waals surface area contributed by atoms with E-state index in [0.29, 0.717) is 0 Å². The molecule has 4 heteroatoms. The van der Waals surface area contributed by atoms with E-state index in [-0.39, 0.29) is 5.41 Å². The first-order valence-electron chi connectivity index (χ1n) is 5.96. The number of hydrogen-bond donors (Lipinski definition) is 0. The van der Waals surface area contributed by atoms with Gasteiger partial charge in [0.05, 0.1) is 23.0 Å². The quantitative estimate of drug-likeness (QED) is 0.789. The number of nitriles is 1. The molecule has 86 valence electrons. The molecule has 0 N–H and O–H groups in total. The van der Waals surface area contributed by atoms with Gasteiger partial charge in [0.25, 0.3) is 0 Å². The third-order valence-electron chi connectivity index (χ3n) is 3.79. The topological polar surface area (TPSA) is 54.0 Å². The molecule has 2 aromatic heterocycles. The molecule has 0 spiro atoms. The molecule has 0 radical (unpaired) electrons. The van der Waals surface area contributed by atoms with Crippen molar-refractivity contribution in [2.45, 2.75) is 38.5 Å². The lowest BCUT2D eigenvalue weighted by molar-refractivity contribution is 0.611. The van der Waals surface area contributed by atoms with Crippen molar-refractivity contribution in [3.8, 4) is 6.07 Å². The lowest BCUT2D eigenvalue weighted by Crippen LogP contribution is -2.12. The van der Waals surface area contributed by atoms with Crippen LogP contribution in [0.3, 0.4) is 0 Å². The Hall–Kier alpha value is -1.89. The molecular weight excluding hydrogens is 212 g/mol. The molecular formula is C13H14N4. The van der Waals surface area contributed by atoms with Crippen molar-refractivity contribution in [3.63, 3.8) is 0 Å². The van der Waals surface area contributed by atoms with Gasteiger partial charge < -0.3 is 0 Å². The monoisotopic (exact) mass is 226 g/mol. The number of fused-ring (bicyclic) bond motifs is 1. The van der Waals surface area contributed by atoms with Gasteiger partial charge in [-0.1, -0.05) is 6.92 Å². The van der Waals surface area contributed by atoms with Crippen LogP contribution in [0.25, 0.3) is 5.52 Å². The third kappa shape index (κ3) is 1.35. The average molecular weight is 226 g/mol. The van der Waals surface area contributed by atoms with Gasteiger partial charge >= 0.3 is 0 Å². The summed E-state index contributed by atoms with van der Waals surface area (Å²) in [5, 5.41) is 13.7. The Morgan fingerprint density at radius 3 is 2.88 bits per heavy atom. The minimum absolute atomic E-state index is 0.179. The number of rotatable bonds is 2. The van der Waals surface area contributed by atoms with Crippen LogP contribution in [0.4, 0.5) is 0 Å². The Bertz CT molecular complexity index is 629. The van der Waals surface area contributed by atoms with Gasteiger partial charge in [0.1, 0.15) is 11.9 Å². The van der Waals surface area contributed by atoms with Crippen molar-refractivity contribution in [2.24, 2.45) is 0 Å². The standard InChI is InChI=1S/C13H14N4/c1-3-13(4-5-13)12-10(7-14)6-11-8-15-9(2)16-17(11)12/h6,8H,3-5H2,1-2H3. The van der Waals surface area contributed by atoms with Crippen molar-refractivity contribution in [1.29, 1.82) is 5.26 Å². The van der Waals surface area contributed by atoms with Gasteiger partial charge in [-0.15, -0.1) is 0 Å². The van der Waals surface area contributed by atoms with Crippen LogP contribution in [0, 0.1) is 18.3 Å². The minimum atomic E-state index is 0.179. The number of aryl methyl sites for hydroxylation is 1. The molecule has 0 atom stereocenters. The predicted octanol–water partition coefficient (Wildman–Crippen LogP) is 2.35. The highest BCUT2D eigenvalue weighted by Gasteiger charge is 2.46. The summed E-state index contributed by atoms with van der Waals surface area (Å²) < 4.78 is 1.91. The first kappa shape index (κ1) is 10.3. The molecule has 1 fully saturated rings. The summed E-state index contributed by atoms with van der Waals surface area (Å²) in [6.45, 7) is 4.06. The average Bonchev–Trinajstić information content (AvgIpc) is 3.04. The lowest BCUT2D eigenvalue weighted by Gasteiger charge is -2.13. The van der Waals surface area contributed by atoms with Gasteiger partial charge in [0, 0.05) is 5.41 Å². The van der Waals surface area contributed by atoms with Crippen LogP contribution in [-0.2, 0) is 5.41 Å². The molecule has 1 aliphatic rings. The van der Waals surface area contributed by atoms with E-state index in [9.17, 15) is 5.26 Å². The fourth-order valence-corrected chi connectivity index (χ4v) is 2.55. The van der Waals surface area contributed by atoms with Gasteiger partial charge in [-0.25, -0.2) is 9.50 Å². The van der Waals surface area contributed by atoms with Crippen LogP contribution in [0.5, 0.6) is 0 Å². The Balaban J connectivity index is 2.34. The molecule has 17 heavy (non-hydrogen) atoms. The van der Waals surface area contributed by atoms with Crippen LogP contribution in [0.2, 0.25) is 0 Å². The number of nitrogens with zero attached hydrogens (tertiary/aromatic N) is 4. The molecule has 0 aromatic carbocycles. The van der Waals surface area contributed by atoms with E-state index in [4.69, 9.17) is 0 Å². The summed E-state index contributed by atoms with van der Waals surface area (Å²) in [5.41, 5.74) is 2.94. The molecule has 1 aliphatic carbocycles. The van der Waals surface area contributed by atoms with Crippen LogP contribution < -0.4 is 0 Å². The highest BCUT2D eigenvalue weighted by atomic mass is 15.3. The molecule has 2 aromatic rings. The van der Waals surface area contributed by atoms with E-state index in [1.54, 1.807) is 6.20 Å². The highest BCUT2D eigenvalue weighted by molar-refractivity contribution is 5.57. The maximum absolute atomic E-state index is 9.26. The molecule has 0 bridgehead atoms. The van der Waals surface area contributed by atoms with E-state index < -0.39 is 0 Å². The molecule has 1 saturated carbocycles. The van der Waals surface area contributed by atoms with Crippen LogP contribution in [0.15, 0.2) is 12.3 Å². The SMILES string of the molecule is CCC1(c2c(C#N)cc3cnc(C)nn23)CC1. The summed E-state index contributed by atoms with van der Waals surface area (Å²) in [6, 6.07) is 4.19. The summed E-state index contributed by atoms with van der Waals surface area (Å²) >= 11 is 0. The zero-order valence-electron chi connectivity index (χ0n) is 10.1. The van der Waals surface area contributed by atoms with Crippen LogP contribution >= 0.6 is 0 Å². The normalized spacial score (nSPS) is 17.0. The molecule has 0 aliphatic heterocycles. The van der Waals surface area contributed by atoms with Gasteiger partial charge in [-0.05, 0) is 32.3 Å². The van der Waals surface area contributed by atoms with Crippen molar-refractivity contribution < 1.29 is 0 Å². The fraction of sp³-hybridized carbons (Fsp3) is 0.462. The second-order valence-electron chi connectivity index (χ2n) is 4.79. The van der Waals surface area contributed by atoms with E-state index in [1.165, 1.54) is 0 Å². The van der Waals surface area contributed by atoms with Crippen molar-refractivity contribution >= 4 is 5.52 Å². The Morgan fingerprint density at radius 2 is 2.29 bits per heavy atom. The Labute approximate surface area is 99.9 Å². The van der Waals surface area contributed by atoms with Crippen LogP contribution in [-0.4, -0.2) is 14.6 Å². The maximum atomic E-state index is 9.26. The molecule has 0 saturated heterocycles. The predicted molar refractivity (Wildman–Crippen MR) is 63.6 cm³/mol. The second kappa shape index (κ2) is 3.30. The second-order valence-corrected chi connectivity index (χ2v) is 4.79. The van der Waals surface area contributed by atoms with Crippen molar-refractivity contribution in [3.05, 3.63) is 29.3 Å². The van der Waals surface area contributed by atoms with E-state index in [1.807, 2.05) is 17.5 Å². The zero-order valence-corrected chi connectivity index (χ0v) is 10.1. The van der Waals surface area contributed by atoms with E-state index in [2.05, 4.69) is 23.1 Å². The van der Waals surface area contributed by atoms with Crippen molar-refractivity contribution in [1.82, 2.24) is 14.6 Å². The summed E-state index contributed by atoms with van der Waals surface area (Å²) in [7, 11) is 0. The van der Waals surface area contributed by atoms with E-state index >= 15 is 0 Å². The summed E-state index contributed by atoms with van der Waals surface area (Å²) in [5.74, 6) is 0.741. The van der Waals surface area contributed by atoms with E-state index in [0.717, 1.165) is 41.9 Å². The fourth-order valence-electron chi connectivity index (χ4n) is 2.55. The van der Waals surface area contributed by atoms with Crippen molar-refractivity contribution in [2.75, 3.05) is 0 Å². The highest BCUT2D eigenvalue weighted by Crippen LogP contribution is 2.52. The largest absolute Gasteiger partial charge is 0.238 e.